The Morgan fingerprint density at radius 2 is 0.746 bits per heavy atom. The van der Waals surface area contributed by atoms with E-state index in [1.54, 1.807) is 29.9 Å². The average molecular weight is 1070 g/mol. The van der Waals surface area contributed by atoms with Crippen LogP contribution < -0.4 is 14.6 Å². The first-order valence-electron chi connectivity index (χ1n) is 21.8. The van der Waals surface area contributed by atoms with Crippen molar-refractivity contribution in [3.05, 3.63) is 169 Å². The van der Waals surface area contributed by atoms with E-state index in [-0.39, 0.29) is 36.7 Å². The fourth-order valence-electron chi connectivity index (χ4n) is 8.64. The van der Waals surface area contributed by atoms with E-state index in [2.05, 4.69) is 77.3 Å². The van der Waals surface area contributed by atoms with Crippen molar-refractivity contribution in [1.82, 2.24) is 45.0 Å². The first-order valence-corrected chi connectivity index (χ1v) is 21.8. The van der Waals surface area contributed by atoms with Crippen LogP contribution in [0.5, 0.6) is 17.2 Å². The molecule has 0 aliphatic heterocycles. The summed E-state index contributed by atoms with van der Waals surface area (Å²) in [5, 5.41) is 43.7. The molecule has 12 nitrogen and oxygen atoms in total. The summed E-state index contributed by atoms with van der Waals surface area (Å²) in [6.45, 7) is 11.1. The summed E-state index contributed by atoms with van der Waals surface area (Å²) >= 11 is 0. The second kappa shape index (κ2) is 19.2. The Morgan fingerprint density at radius 3 is 1.09 bits per heavy atom. The molecule has 0 aliphatic carbocycles. The Kier molecular flexibility index (Phi) is 13.2. The second-order valence-electron chi connectivity index (χ2n) is 17.9. The summed E-state index contributed by atoms with van der Waals surface area (Å²) in [6.07, 6.45) is 1.02. The molecule has 0 spiro atoms. The van der Waals surface area contributed by atoms with Crippen molar-refractivity contribution in [2.75, 3.05) is 14.2 Å². The number of hydrogen-bond acceptors (Lipinski definition) is 9. The molecule has 0 atom stereocenters. The molecular formula is C54H50IrN9O3-. The van der Waals surface area contributed by atoms with E-state index in [0.29, 0.717) is 5.69 Å². The topological polar surface area (TPSA) is 134 Å². The van der Waals surface area contributed by atoms with Gasteiger partial charge in [0.05, 0.1) is 31.3 Å². The van der Waals surface area contributed by atoms with Gasteiger partial charge in [0.1, 0.15) is 44.6 Å². The minimum absolute atomic E-state index is 0. The van der Waals surface area contributed by atoms with E-state index < -0.39 is 0 Å². The Hall–Kier alpha value is -7.47. The van der Waals surface area contributed by atoms with Gasteiger partial charge < -0.3 is 14.6 Å². The average Bonchev–Trinajstić information content (AvgIpc) is 4.08. The van der Waals surface area contributed by atoms with Gasteiger partial charge in [-0.2, -0.15) is 4.80 Å². The fourth-order valence-corrected chi connectivity index (χ4v) is 8.64. The molecule has 3 aromatic heterocycles. The van der Waals surface area contributed by atoms with Crippen molar-refractivity contribution in [3.8, 4) is 34.3 Å². The number of methoxy groups -OCH3 is 2. The normalized spacial score (nSPS) is 11.5. The SMILES string of the molecule is CC(C)(C)CC(C)(C)c1ccc([O-])c(-n2nc3ccccc3n2)c1.COc1ccc(-n2nc3ccccc3n2)c2ccccc12.COc1ccc(-n2nc3ccccc3n2)c2ccccc12.[Ir]. The molecule has 0 unspecified atom stereocenters. The summed E-state index contributed by atoms with van der Waals surface area (Å²) in [5.41, 5.74) is 8.83. The quantitative estimate of drug-likeness (QED) is 0.153. The predicted octanol–water partition coefficient (Wildman–Crippen LogP) is 11.4. The Balaban J connectivity index is 0.000000136. The van der Waals surface area contributed by atoms with Gasteiger partial charge >= 0.3 is 0 Å². The standard InChI is InChI=1S/C20H25N3O.2C17H13N3O.Ir/c1-19(2,3)13-20(4,5)14-10-11-18(24)17(12-14)23-21-15-8-6-7-9-16(15)22-23;2*1-21-17-11-10-16(12-6-2-3-7-13(12)17)20-18-14-8-4-5-9-15(14)19-20;/h6-12,24H,13H2,1-5H3;2*2-11H,1H3;/p-1. The third-order valence-corrected chi connectivity index (χ3v) is 11.4. The zero-order valence-electron chi connectivity index (χ0n) is 38.4. The molecule has 8 aromatic carbocycles. The molecule has 0 fully saturated rings. The van der Waals surface area contributed by atoms with Gasteiger partial charge in [-0.05, 0) is 89.5 Å². The zero-order chi connectivity index (χ0) is 46.0. The molecule has 0 saturated heterocycles. The number of rotatable bonds is 7. The third-order valence-electron chi connectivity index (χ3n) is 11.4. The molecule has 3 heterocycles. The molecule has 339 valence electrons. The Morgan fingerprint density at radius 1 is 0.418 bits per heavy atom. The van der Waals surface area contributed by atoms with Crippen LogP contribution >= 0.6 is 0 Å². The van der Waals surface area contributed by atoms with Gasteiger partial charge in [-0.15, -0.1) is 40.2 Å². The second-order valence-corrected chi connectivity index (χ2v) is 17.9. The molecule has 1 radical (unpaired) electrons. The van der Waals surface area contributed by atoms with Crippen molar-refractivity contribution in [2.24, 2.45) is 5.41 Å². The minimum Gasteiger partial charge on any atom is -0.871 e. The van der Waals surface area contributed by atoms with Gasteiger partial charge in [0.2, 0.25) is 0 Å². The van der Waals surface area contributed by atoms with Crippen molar-refractivity contribution in [2.45, 2.75) is 46.5 Å². The van der Waals surface area contributed by atoms with Crippen LogP contribution in [-0.4, -0.2) is 59.2 Å². The van der Waals surface area contributed by atoms with Gasteiger partial charge in [0, 0.05) is 41.7 Å². The third kappa shape index (κ3) is 9.75. The summed E-state index contributed by atoms with van der Waals surface area (Å²) in [5.74, 6) is 1.64. The molecule has 0 N–H and O–H groups in total. The fraction of sp³-hybridized carbons (Fsp3) is 0.185. The van der Waals surface area contributed by atoms with E-state index in [1.807, 2.05) is 146 Å². The van der Waals surface area contributed by atoms with Crippen LogP contribution in [0.1, 0.15) is 46.6 Å². The van der Waals surface area contributed by atoms with Gasteiger partial charge in [0.15, 0.2) is 0 Å². The molecule has 67 heavy (non-hydrogen) atoms. The van der Waals surface area contributed by atoms with Crippen molar-refractivity contribution in [3.63, 3.8) is 0 Å². The summed E-state index contributed by atoms with van der Waals surface area (Å²) in [6, 6.07) is 52.9. The number of ether oxygens (including phenoxy) is 2. The Bertz CT molecular complexity index is 3240. The van der Waals surface area contributed by atoms with Crippen molar-refractivity contribution < 1.29 is 34.7 Å². The molecule has 0 amide bonds. The van der Waals surface area contributed by atoms with E-state index in [4.69, 9.17) is 9.47 Å². The van der Waals surface area contributed by atoms with Gasteiger partial charge in [-0.3, -0.25) is 0 Å². The zero-order valence-corrected chi connectivity index (χ0v) is 40.8. The maximum atomic E-state index is 12.4. The predicted molar refractivity (Wildman–Crippen MR) is 261 cm³/mol. The van der Waals surface area contributed by atoms with Crippen LogP contribution in [0.3, 0.4) is 0 Å². The van der Waals surface area contributed by atoms with Crippen LogP contribution in [0, 0.1) is 5.41 Å². The van der Waals surface area contributed by atoms with E-state index >= 15 is 0 Å². The number of hydrogen-bond donors (Lipinski definition) is 0. The number of nitrogens with zero attached hydrogens (tertiary/aromatic N) is 9. The van der Waals surface area contributed by atoms with E-state index in [0.717, 1.165) is 89.5 Å². The molecular weight excluding hydrogens is 1010 g/mol. The maximum Gasteiger partial charge on any atom is 0.126 e. The molecule has 0 saturated carbocycles. The summed E-state index contributed by atoms with van der Waals surface area (Å²) in [7, 11) is 3.36. The van der Waals surface area contributed by atoms with Crippen LogP contribution in [0.2, 0.25) is 0 Å². The number of aromatic nitrogens is 9. The smallest absolute Gasteiger partial charge is 0.126 e. The number of fused-ring (bicyclic) bond motifs is 5. The van der Waals surface area contributed by atoms with E-state index in [9.17, 15) is 5.11 Å². The van der Waals surface area contributed by atoms with E-state index in [1.165, 1.54) is 4.80 Å². The van der Waals surface area contributed by atoms with Crippen LogP contribution in [0.25, 0.3) is 71.7 Å². The van der Waals surface area contributed by atoms with Gasteiger partial charge in [-0.1, -0.05) is 137 Å². The molecule has 11 rings (SSSR count). The maximum absolute atomic E-state index is 12.4. The largest absolute Gasteiger partial charge is 0.871 e. The van der Waals surface area contributed by atoms with Gasteiger partial charge in [0.25, 0.3) is 0 Å². The Labute approximate surface area is 402 Å². The van der Waals surface area contributed by atoms with Crippen LogP contribution in [0.15, 0.2) is 164 Å². The minimum atomic E-state index is -0.0642. The summed E-state index contributed by atoms with van der Waals surface area (Å²) < 4.78 is 10.9. The van der Waals surface area contributed by atoms with Crippen molar-refractivity contribution >= 4 is 54.6 Å². The van der Waals surface area contributed by atoms with Crippen LogP contribution in [0.4, 0.5) is 0 Å². The first kappa shape index (κ1) is 46.1. The molecule has 13 heteroatoms. The summed E-state index contributed by atoms with van der Waals surface area (Å²) in [4.78, 5) is 4.84. The first-order chi connectivity index (χ1) is 31.9. The molecule has 0 bridgehead atoms. The van der Waals surface area contributed by atoms with Gasteiger partial charge in [-0.25, -0.2) is 0 Å². The van der Waals surface area contributed by atoms with Crippen molar-refractivity contribution in [1.29, 1.82) is 0 Å². The molecule has 11 aromatic rings. The monoisotopic (exact) mass is 1070 g/mol. The number of benzene rings is 8. The molecule has 0 aliphatic rings. The van der Waals surface area contributed by atoms with Crippen LogP contribution in [-0.2, 0) is 25.5 Å².